The van der Waals surface area contributed by atoms with Gasteiger partial charge in [0.1, 0.15) is 46.5 Å². The standard InChI is InChI=1S/C22H20O12/c1-31-12-3-2-8(13-7-11(25)16-10(24)5-9(23)6-15(16)32-13)4-14(12)33-22-19(28)17(26)18(27)20(34-22)21(29)30/h2-7,17-20,22-24,26-28H,1H3,(H,29,30). The zero-order valence-corrected chi connectivity index (χ0v) is 17.5. The number of rotatable bonds is 5. The van der Waals surface area contributed by atoms with Crippen LogP contribution in [-0.2, 0) is 9.53 Å². The van der Waals surface area contributed by atoms with Crippen LogP contribution in [-0.4, -0.2) is 74.4 Å². The van der Waals surface area contributed by atoms with Crippen LogP contribution in [0.5, 0.6) is 23.0 Å². The maximum absolute atomic E-state index is 12.5. The number of carbonyl (C=O) groups is 1. The number of aliphatic hydroxyl groups excluding tert-OH is 3. The highest BCUT2D eigenvalue weighted by molar-refractivity contribution is 5.86. The van der Waals surface area contributed by atoms with Gasteiger partial charge in [0.15, 0.2) is 23.0 Å². The molecule has 1 aliphatic heterocycles. The molecule has 180 valence electrons. The third-order valence-corrected chi connectivity index (χ3v) is 5.30. The summed E-state index contributed by atoms with van der Waals surface area (Å²) in [6.45, 7) is 0. The minimum Gasteiger partial charge on any atom is -0.508 e. The number of aliphatic hydroxyl groups is 3. The fraction of sp³-hybridized carbons (Fsp3) is 0.273. The number of methoxy groups -OCH3 is 1. The van der Waals surface area contributed by atoms with Crippen molar-refractivity contribution < 1.29 is 54.1 Å². The first kappa shape index (κ1) is 23.3. The van der Waals surface area contributed by atoms with Crippen molar-refractivity contribution in [1.29, 1.82) is 0 Å². The Morgan fingerprint density at radius 1 is 0.971 bits per heavy atom. The van der Waals surface area contributed by atoms with Gasteiger partial charge < -0.3 is 49.3 Å². The number of phenols is 2. The first-order valence-electron chi connectivity index (χ1n) is 9.88. The molecular weight excluding hydrogens is 456 g/mol. The van der Waals surface area contributed by atoms with Crippen LogP contribution in [0.4, 0.5) is 0 Å². The van der Waals surface area contributed by atoms with Crippen LogP contribution in [0.3, 0.4) is 0 Å². The van der Waals surface area contributed by atoms with Crippen molar-refractivity contribution in [2.75, 3.05) is 7.11 Å². The van der Waals surface area contributed by atoms with E-state index in [0.29, 0.717) is 0 Å². The van der Waals surface area contributed by atoms with E-state index < -0.39 is 47.9 Å². The molecule has 0 spiro atoms. The van der Waals surface area contributed by atoms with E-state index in [4.69, 9.17) is 18.6 Å². The van der Waals surface area contributed by atoms with Crippen molar-refractivity contribution in [2.45, 2.75) is 30.7 Å². The third-order valence-electron chi connectivity index (χ3n) is 5.30. The summed E-state index contributed by atoms with van der Waals surface area (Å²) in [4.78, 5) is 23.9. The van der Waals surface area contributed by atoms with Gasteiger partial charge in [-0.25, -0.2) is 4.79 Å². The predicted octanol–water partition coefficient (Wildman–Crippen LogP) is 0.151. The molecule has 0 saturated carbocycles. The van der Waals surface area contributed by atoms with Gasteiger partial charge in [0.2, 0.25) is 6.29 Å². The first-order chi connectivity index (χ1) is 16.1. The number of ether oxygens (including phenoxy) is 3. The molecule has 0 bridgehead atoms. The Morgan fingerprint density at radius 2 is 1.71 bits per heavy atom. The number of aliphatic carboxylic acids is 1. The van der Waals surface area contributed by atoms with Crippen LogP contribution >= 0.6 is 0 Å². The van der Waals surface area contributed by atoms with Gasteiger partial charge in [0, 0.05) is 23.8 Å². The van der Waals surface area contributed by atoms with Crippen LogP contribution in [0.1, 0.15) is 0 Å². The zero-order valence-electron chi connectivity index (χ0n) is 17.5. The molecule has 5 atom stereocenters. The van der Waals surface area contributed by atoms with Gasteiger partial charge in [-0.05, 0) is 18.2 Å². The van der Waals surface area contributed by atoms with Crippen molar-refractivity contribution in [3.8, 4) is 34.3 Å². The highest BCUT2D eigenvalue weighted by Gasteiger charge is 2.48. The molecule has 0 aliphatic carbocycles. The SMILES string of the molecule is COc1ccc(-c2cc(=O)c3c(O)cc(O)cc3o2)cc1OC1OC(C(=O)O)C(O)C(O)C1O. The van der Waals surface area contributed by atoms with Crippen LogP contribution in [0.15, 0.2) is 45.6 Å². The van der Waals surface area contributed by atoms with Crippen molar-refractivity contribution in [2.24, 2.45) is 0 Å². The second-order valence-corrected chi connectivity index (χ2v) is 7.53. The molecular formula is C22H20O12. The average Bonchev–Trinajstić information content (AvgIpc) is 2.78. The van der Waals surface area contributed by atoms with Crippen LogP contribution in [0, 0.1) is 0 Å². The molecule has 12 nitrogen and oxygen atoms in total. The molecule has 3 aromatic rings. The van der Waals surface area contributed by atoms with Gasteiger partial charge in [-0.15, -0.1) is 0 Å². The molecule has 2 aromatic carbocycles. The summed E-state index contributed by atoms with van der Waals surface area (Å²) in [5.41, 5.74) is -0.386. The predicted molar refractivity (Wildman–Crippen MR) is 113 cm³/mol. The summed E-state index contributed by atoms with van der Waals surface area (Å²) in [6, 6.07) is 7.56. The summed E-state index contributed by atoms with van der Waals surface area (Å²) in [5.74, 6) is -2.26. The fourth-order valence-corrected chi connectivity index (χ4v) is 3.59. The molecule has 1 aliphatic rings. The van der Waals surface area contributed by atoms with E-state index in [0.717, 1.165) is 18.2 Å². The molecule has 0 radical (unpaired) electrons. The summed E-state index contributed by atoms with van der Waals surface area (Å²) in [6.07, 6.45) is -9.12. The first-order valence-corrected chi connectivity index (χ1v) is 9.88. The number of benzene rings is 2. The lowest BCUT2D eigenvalue weighted by molar-refractivity contribution is -0.271. The number of hydrogen-bond acceptors (Lipinski definition) is 11. The summed E-state index contributed by atoms with van der Waals surface area (Å²) in [5, 5.41) is 58.8. The maximum atomic E-state index is 12.5. The van der Waals surface area contributed by atoms with Gasteiger partial charge in [-0.2, -0.15) is 0 Å². The number of carboxylic acids is 1. The van der Waals surface area contributed by atoms with Crippen LogP contribution in [0.2, 0.25) is 0 Å². The lowest BCUT2D eigenvalue weighted by Gasteiger charge is -2.38. The number of hydrogen-bond donors (Lipinski definition) is 6. The minimum absolute atomic E-state index is 0.0268. The minimum atomic E-state index is -1.89. The monoisotopic (exact) mass is 476 g/mol. The van der Waals surface area contributed by atoms with Gasteiger partial charge in [-0.1, -0.05) is 0 Å². The summed E-state index contributed by atoms with van der Waals surface area (Å²) in [7, 11) is 1.32. The van der Waals surface area contributed by atoms with E-state index in [9.17, 15) is 40.2 Å². The van der Waals surface area contributed by atoms with E-state index in [1.807, 2.05) is 0 Å². The molecule has 2 heterocycles. The van der Waals surface area contributed by atoms with Gasteiger partial charge in [-0.3, -0.25) is 4.79 Å². The average molecular weight is 476 g/mol. The fourth-order valence-electron chi connectivity index (χ4n) is 3.59. The lowest BCUT2D eigenvalue weighted by atomic mass is 9.99. The third kappa shape index (κ3) is 4.10. The Kier molecular flexibility index (Phi) is 6.06. The number of fused-ring (bicyclic) bond motifs is 1. The Hall–Kier alpha value is -3.84. The van der Waals surface area contributed by atoms with Crippen LogP contribution in [0.25, 0.3) is 22.3 Å². The Morgan fingerprint density at radius 3 is 2.38 bits per heavy atom. The maximum Gasteiger partial charge on any atom is 0.335 e. The smallest absolute Gasteiger partial charge is 0.335 e. The van der Waals surface area contributed by atoms with Gasteiger partial charge in [0.25, 0.3) is 0 Å². The molecule has 6 N–H and O–H groups in total. The molecule has 1 fully saturated rings. The molecule has 0 amide bonds. The molecule has 1 saturated heterocycles. The number of phenolic OH excluding ortho intramolecular Hbond substituents is 2. The van der Waals surface area contributed by atoms with E-state index in [-0.39, 0.29) is 39.5 Å². The highest BCUT2D eigenvalue weighted by Crippen LogP contribution is 2.36. The lowest BCUT2D eigenvalue weighted by Crippen LogP contribution is -2.61. The second-order valence-electron chi connectivity index (χ2n) is 7.53. The van der Waals surface area contributed by atoms with Crippen molar-refractivity contribution in [3.05, 3.63) is 46.6 Å². The van der Waals surface area contributed by atoms with Gasteiger partial charge in [0.05, 0.1) is 7.11 Å². The Bertz CT molecular complexity index is 1300. The van der Waals surface area contributed by atoms with Gasteiger partial charge >= 0.3 is 5.97 Å². The van der Waals surface area contributed by atoms with E-state index >= 15 is 0 Å². The summed E-state index contributed by atoms with van der Waals surface area (Å²) >= 11 is 0. The van der Waals surface area contributed by atoms with E-state index in [2.05, 4.69) is 0 Å². The second kappa shape index (κ2) is 8.83. The van der Waals surface area contributed by atoms with Crippen LogP contribution < -0.4 is 14.9 Å². The van der Waals surface area contributed by atoms with E-state index in [1.165, 1.54) is 25.3 Å². The quantitative estimate of drug-likeness (QED) is 0.292. The van der Waals surface area contributed by atoms with Crippen molar-refractivity contribution >= 4 is 16.9 Å². The van der Waals surface area contributed by atoms with E-state index in [1.54, 1.807) is 0 Å². The summed E-state index contributed by atoms with van der Waals surface area (Å²) < 4.78 is 21.6. The normalized spacial score (nSPS) is 24.6. The Labute approximate surface area is 190 Å². The molecule has 34 heavy (non-hydrogen) atoms. The molecule has 4 rings (SSSR count). The number of aromatic hydroxyl groups is 2. The molecule has 5 unspecified atom stereocenters. The Balaban J connectivity index is 1.73. The molecule has 12 heteroatoms. The number of carboxylic acid groups (broad SMARTS) is 1. The topological polar surface area (TPSA) is 196 Å². The largest absolute Gasteiger partial charge is 0.508 e. The van der Waals surface area contributed by atoms with Crippen molar-refractivity contribution in [1.82, 2.24) is 0 Å². The highest BCUT2D eigenvalue weighted by atomic mass is 16.7. The zero-order chi connectivity index (χ0) is 24.7. The van der Waals surface area contributed by atoms with Crippen molar-refractivity contribution in [3.63, 3.8) is 0 Å². The molecule has 1 aromatic heterocycles.